The first-order chi connectivity index (χ1) is 6.89. The summed E-state index contributed by atoms with van der Waals surface area (Å²) in [5.74, 6) is -0.136. The van der Waals surface area contributed by atoms with E-state index >= 15 is 0 Å². The largest absolute Gasteiger partial charge is 0.350 e. The van der Waals surface area contributed by atoms with Crippen molar-refractivity contribution in [3.63, 3.8) is 0 Å². The molecule has 0 fully saturated rings. The minimum absolute atomic E-state index is 0.136. The van der Waals surface area contributed by atoms with Gasteiger partial charge in [-0.1, -0.05) is 29.8 Å². The van der Waals surface area contributed by atoms with Crippen LogP contribution in [0.5, 0.6) is 0 Å². The summed E-state index contributed by atoms with van der Waals surface area (Å²) in [6.45, 7) is 5.94. The Balaban J connectivity index is 2.51. The van der Waals surface area contributed by atoms with Crippen LogP contribution in [0.4, 0.5) is 0 Å². The van der Waals surface area contributed by atoms with Crippen LogP contribution in [0.15, 0.2) is 24.3 Å². The Kier molecular flexibility index (Phi) is 3.48. The van der Waals surface area contributed by atoms with Crippen LogP contribution in [-0.4, -0.2) is 11.4 Å². The fourth-order valence-corrected chi connectivity index (χ4v) is 1.12. The predicted molar refractivity (Wildman–Crippen MR) is 61.3 cm³/mol. The van der Waals surface area contributed by atoms with E-state index in [0.29, 0.717) is 6.54 Å². The smallest absolute Gasteiger partial charge is 0.239 e. The molecule has 82 valence electrons. The maximum Gasteiger partial charge on any atom is 0.239 e. The fraction of sp³-hybridized carbons (Fsp3) is 0.417. The van der Waals surface area contributed by atoms with Crippen LogP contribution >= 0.6 is 0 Å². The molecular weight excluding hydrogens is 188 g/mol. The number of nitrogens with one attached hydrogen (secondary N) is 1. The van der Waals surface area contributed by atoms with E-state index in [0.717, 1.165) is 5.56 Å². The third-order valence-corrected chi connectivity index (χ3v) is 2.16. The third-order valence-electron chi connectivity index (χ3n) is 2.16. The van der Waals surface area contributed by atoms with Gasteiger partial charge in [0.1, 0.15) is 0 Å². The first kappa shape index (κ1) is 11.7. The zero-order chi connectivity index (χ0) is 11.5. The topological polar surface area (TPSA) is 55.1 Å². The summed E-state index contributed by atoms with van der Waals surface area (Å²) in [5.41, 5.74) is 7.13. The minimum atomic E-state index is -0.815. The highest BCUT2D eigenvalue weighted by atomic mass is 16.2. The van der Waals surface area contributed by atoms with Gasteiger partial charge in [0.05, 0.1) is 5.54 Å². The maximum atomic E-state index is 11.5. The molecule has 1 rings (SSSR count). The second-order valence-corrected chi connectivity index (χ2v) is 4.39. The molecule has 0 radical (unpaired) electrons. The van der Waals surface area contributed by atoms with E-state index in [4.69, 9.17) is 5.73 Å². The van der Waals surface area contributed by atoms with E-state index in [1.807, 2.05) is 31.2 Å². The van der Waals surface area contributed by atoms with Crippen molar-refractivity contribution in [2.75, 3.05) is 0 Å². The summed E-state index contributed by atoms with van der Waals surface area (Å²) in [5, 5.41) is 2.79. The first-order valence-electron chi connectivity index (χ1n) is 5.02. The van der Waals surface area contributed by atoms with Crippen molar-refractivity contribution in [3.8, 4) is 0 Å². The van der Waals surface area contributed by atoms with Crippen LogP contribution in [0.25, 0.3) is 0 Å². The van der Waals surface area contributed by atoms with E-state index in [-0.39, 0.29) is 5.91 Å². The molecule has 0 heterocycles. The predicted octanol–water partition coefficient (Wildman–Crippen LogP) is 1.35. The van der Waals surface area contributed by atoms with Gasteiger partial charge in [-0.2, -0.15) is 0 Å². The molecule has 0 bridgehead atoms. The summed E-state index contributed by atoms with van der Waals surface area (Å²) in [7, 11) is 0. The van der Waals surface area contributed by atoms with Crippen molar-refractivity contribution in [1.29, 1.82) is 0 Å². The lowest BCUT2D eigenvalue weighted by atomic mass is 10.1. The van der Waals surface area contributed by atoms with Gasteiger partial charge >= 0.3 is 0 Å². The van der Waals surface area contributed by atoms with Crippen molar-refractivity contribution in [1.82, 2.24) is 5.32 Å². The van der Waals surface area contributed by atoms with Gasteiger partial charge in [-0.15, -0.1) is 0 Å². The highest BCUT2D eigenvalue weighted by Gasteiger charge is 2.20. The average molecular weight is 206 g/mol. The molecule has 0 saturated heterocycles. The molecule has 1 amide bonds. The molecule has 0 atom stereocenters. The van der Waals surface area contributed by atoms with Crippen LogP contribution in [0.3, 0.4) is 0 Å². The number of amides is 1. The summed E-state index contributed by atoms with van der Waals surface area (Å²) < 4.78 is 0. The zero-order valence-electron chi connectivity index (χ0n) is 9.50. The second-order valence-electron chi connectivity index (χ2n) is 4.39. The fourth-order valence-electron chi connectivity index (χ4n) is 1.12. The van der Waals surface area contributed by atoms with Gasteiger partial charge in [0.2, 0.25) is 5.91 Å². The van der Waals surface area contributed by atoms with Gasteiger partial charge in [-0.25, -0.2) is 0 Å². The number of carbonyl (C=O) groups is 1. The number of hydrogen-bond acceptors (Lipinski definition) is 2. The van der Waals surface area contributed by atoms with Crippen molar-refractivity contribution >= 4 is 5.91 Å². The second kappa shape index (κ2) is 4.45. The van der Waals surface area contributed by atoms with Gasteiger partial charge in [-0.3, -0.25) is 4.79 Å². The van der Waals surface area contributed by atoms with Gasteiger partial charge in [0.15, 0.2) is 0 Å². The molecule has 0 aliphatic heterocycles. The van der Waals surface area contributed by atoms with Gasteiger partial charge < -0.3 is 11.1 Å². The lowest BCUT2D eigenvalue weighted by molar-refractivity contribution is -0.125. The summed E-state index contributed by atoms with van der Waals surface area (Å²) in [6, 6.07) is 8.04. The molecule has 3 N–H and O–H groups in total. The normalized spacial score (nSPS) is 11.2. The maximum absolute atomic E-state index is 11.5. The molecule has 15 heavy (non-hydrogen) atoms. The highest BCUT2D eigenvalue weighted by Crippen LogP contribution is 2.03. The number of carbonyl (C=O) groups excluding carboxylic acids is 1. The average Bonchev–Trinajstić information content (AvgIpc) is 2.15. The standard InChI is InChI=1S/C12H18N2O/c1-9-4-6-10(7-5-9)8-14-11(15)12(2,3)13/h4-7H,8,13H2,1-3H3,(H,14,15). The molecule has 1 aromatic rings. The van der Waals surface area contributed by atoms with Crippen molar-refractivity contribution in [2.24, 2.45) is 5.73 Å². The lowest BCUT2D eigenvalue weighted by Crippen LogP contribution is -2.48. The van der Waals surface area contributed by atoms with Crippen LogP contribution in [0.1, 0.15) is 25.0 Å². The molecule has 0 aliphatic carbocycles. The van der Waals surface area contributed by atoms with E-state index in [2.05, 4.69) is 5.32 Å². The van der Waals surface area contributed by atoms with Gasteiger partial charge in [-0.05, 0) is 26.3 Å². The third kappa shape index (κ3) is 3.72. The van der Waals surface area contributed by atoms with Crippen LogP contribution in [0.2, 0.25) is 0 Å². The highest BCUT2D eigenvalue weighted by molar-refractivity contribution is 5.84. The summed E-state index contributed by atoms with van der Waals surface area (Å²) in [6.07, 6.45) is 0. The van der Waals surface area contributed by atoms with Crippen LogP contribution in [-0.2, 0) is 11.3 Å². The van der Waals surface area contributed by atoms with Crippen molar-refractivity contribution in [3.05, 3.63) is 35.4 Å². The number of hydrogen-bond donors (Lipinski definition) is 2. The van der Waals surface area contributed by atoms with Crippen molar-refractivity contribution in [2.45, 2.75) is 32.9 Å². The Morgan fingerprint density at radius 3 is 2.33 bits per heavy atom. The van der Waals surface area contributed by atoms with E-state index in [1.165, 1.54) is 5.56 Å². The van der Waals surface area contributed by atoms with E-state index < -0.39 is 5.54 Å². The van der Waals surface area contributed by atoms with E-state index in [1.54, 1.807) is 13.8 Å². The zero-order valence-corrected chi connectivity index (χ0v) is 9.50. The van der Waals surface area contributed by atoms with Gasteiger partial charge in [0.25, 0.3) is 0 Å². The lowest BCUT2D eigenvalue weighted by Gasteiger charge is -2.17. The quantitative estimate of drug-likeness (QED) is 0.784. The first-order valence-corrected chi connectivity index (χ1v) is 5.02. The molecule has 3 nitrogen and oxygen atoms in total. The monoisotopic (exact) mass is 206 g/mol. The van der Waals surface area contributed by atoms with E-state index in [9.17, 15) is 4.79 Å². The molecule has 0 spiro atoms. The number of nitrogens with two attached hydrogens (primary N) is 1. The molecular formula is C12H18N2O. The van der Waals surface area contributed by atoms with Crippen molar-refractivity contribution < 1.29 is 4.79 Å². The Labute approximate surface area is 90.7 Å². The summed E-state index contributed by atoms with van der Waals surface area (Å²) in [4.78, 5) is 11.5. The molecule has 0 aromatic heterocycles. The minimum Gasteiger partial charge on any atom is -0.350 e. The summed E-state index contributed by atoms with van der Waals surface area (Å²) >= 11 is 0. The number of rotatable bonds is 3. The Hall–Kier alpha value is -1.35. The van der Waals surface area contributed by atoms with Crippen LogP contribution < -0.4 is 11.1 Å². The molecule has 3 heteroatoms. The molecule has 0 aliphatic rings. The van der Waals surface area contributed by atoms with Gasteiger partial charge in [0, 0.05) is 6.54 Å². The molecule has 0 saturated carbocycles. The Morgan fingerprint density at radius 1 is 1.33 bits per heavy atom. The number of benzene rings is 1. The number of aryl methyl sites for hydroxylation is 1. The Morgan fingerprint density at radius 2 is 1.87 bits per heavy atom. The Bertz CT molecular complexity index is 336. The SMILES string of the molecule is Cc1ccc(CNC(=O)C(C)(C)N)cc1. The molecule has 1 aromatic carbocycles. The molecule has 0 unspecified atom stereocenters. The van der Waals surface area contributed by atoms with Crippen LogP contribution in [0, 0.1) is 6.92 Å².